The van der Waals surface area contributed by atoms with Gasteiger partial charge in [-0.3, -0.25) is 4.79 Å². The summed E-state index contributed by atoms with van der Waals surface area (Å²) < 4.78 is 6.95. The second-order valence-electron chi connectivity index (χ2n) is 5.89. The number of fused-ring (bicyclic) bond motifs is 1. The fourth-order valence-electron chi connectivity index (χ4n) is 2.82. The second kappa shape index (κ2) is 7.25. The van der Waals surface area contributed by atoms with Crippen molar-refractivity contribution in [2.45, 2.75) is 6.54 Å². The quantitative estimate of drug-likeness (QED) is 0.592. The van der Waals surface area contributed by atoms with Gasteiger partial charge in [-0.05, 0) is 42.5 Å². The number of para-hydroxylation sites is 1. The molecular formula is C20H17N5O2. The fraction of sp³-hybridized carbons (Fsp3) is 0.100. The van der Waals surface area contributed by atoms with Gasteiger partial charge in [-0.15, -0.1) is 5.10 Å². The fourth-order valence-corrected chi connectivity index (χ4v) is 2.82. The van der Waals surface area contributed by atoms with Crippen molar-refractivity contribution in [2.24, 2.45) is 0 Å². The van der Waals surface area contributed by atoms with Crippen molar-refractivity contribution in [1.29, 1.82) is 0 Å². The highest BCUT2D eigenvalue weighted by atomic mass is 16.5. The van der Waals surface area contributed by atoms with Gasteiger partial charge >= 0.3 is 0 Å². The Kier molecular flexibility index (Phi) is 4.49. The van der Waals surface area contributed by atoms with Crippen LogP contribution in [0.2, 0.25) is 0 Å². The third kappa shape index (κ3) is 3.35. The van der Waals surface area contributed by atoms with Crippen molar-refractivity contribution in [3.63, 3.8) is 0 Å². The minimum atomic E-state index is -0.158. The molecule has 0 aliphatic rings. The third-order valence-electron chi connectivity index (χ3n) is 4.21. The summed E-state index contributed by atoms with van der Waals surface area (Å²) >= 11 is 0. The van der Waals surface area contributed by atoms with Crippen molar-refractivity contribution < 1.29 is 9.53 Å². The predicted octanol–water partition coefficient (Wildman–Crippen LogP) is 2.75. The first-order valence-corrected chi connectivity index (χ1v) is 8.43. The maximum Gasteiger partial charge on any atom is 0.251 e. The van der Waals surface area contributed by atoms with Gasteiger partial charge in [0.25, 0.3) is 5.91 Å². The van der Waals surface area contributed by atoms with Crippen molar-refractivity contribution in [1.82, 2.24) is 25.3 Å². The third-order valence-corrected chi connectivity index (χ3v) is 4.21. The van der Waals surface area contributed by atoms with E-state index < -0.39 is 0 Å². The van der Waals surface area contributed by atoms with E-state index in [2.05, 4.69) is 20.6 Å². The van der Waals surface area contributed by atoms with Crippen LogP contribution in [0.3, 0.4) is 0 Å². The Bertz CT molecular complexity index is 1090. The van der Waals surface area contributed by atoms with Crippen LogP contribution in [0.1, 0.15) is 15.9 Å². The lowest BCUT2D eigenvalue weighted by molar-refractivity contribution is 0.0950. The summed E-state index contributed by atoms with van der Waals surface area (Å²) in [6.07, 6.45) is 1.70. The lowest BCUT2D eigenvalue weighted by Gasteiger charge is -2.10. The number of nitrogens with one attached hydrogen (secondary N) is 1. The molecule has 134 valence electrons. The molecule has 7 nitrogen and oxygen atoms in total. The van der Waals surface area contributed by atoms with Crippen LogP contribution in [0.15, 0.2) is 66.9 Å². The monoisotopic (exact) mass is 359 g/mol. The minimum absolute atomic E-state index is 0.158. The van der Waals surface area contributed by atoms with Crippen LogP contribution in [-0.4, -0.2) is 33.0 Å². The maximum absolute atomic E-state index is 12.4. The standard InChI is InChI=1S/C20H17N5O2/c1-27-18-7-3-2-5-15(18)13-22-20(26)14-8-10-16(11-9-14)25-19-17(23-24-25)6-4-12-21-19/h2-12H,13H2,1H3,(H,22,26). The van der Waals surface area contributed by atoms with Gasteiger partial charge in [-0.25, -0.2) is 4.98 Å². The first-order valence-electron chi connectivity index (χ1n) is 8.43. The number of carbonyl (C=O) groups is 1. The normalized spacial score (nSPS) is 10.7. The topological polar surface area (TPSA) is 81.9 Å². The van der Waals surface area contributed by atoms with Gasteiger partial charge in [-0.1, -0.05) is 23.4 Å². The van der Waals surface area contributed by atoms with E-state index in [0.29, 0.717) is 17.8 Å². The largest absolute Gasteiger partial charge is 0.496 e. The van der Waals surface area contributed by atoms with E-state index in [9.17, 15) is 4.79 Å². The van der Waals surface area contributed by atoms with Crippen molar-refractivity contribution in [3.05, 3.63) is 78.0 Å². The molecule has 0 saturated heterocycles. The van der Waals surface area contributed by atoms with E-state index in [1.54, 1.807) is 30.1 Å². The zero-order chi connectivity index (χ0) is 18.6. The molecule has 0 unspecified atom stereocenters. The molecule has 0 radical (unpaired) electrons. The molecule has 0 fully saturated rings. The number of ether oxygens (including phenoxy) is 1. The molecule has 0 aliphatic carbocycles. The Morgan fingerprint density at radius 1 is 1.07 bits per heavy atom. The highest BCUT2D eigenvalue weighted by molar-refractivity contribution is 5.94. The Morgan fingerprint density at radius 2 is 1.89 bits per heavy atom. The molecule has 1 amide bonds. The summed E-state index contributed by atoms with van der Waals surface area (Å²) in [5.41, 5.74) is 3.66. The Hall–Kier alpha value is -3.74. The average Bonchev–Trinajstić information content (AvgIpc) is 3.16. The zero-order valence-corrected chi connectivity index (χ0v) is 14.7. The predicted molar refractivity (Wildman–Crippen MR) is 101 cm³/mol. The number of amides is 1. The average molecular weight is 359 g/mol. The van der Waals surface area contributed by atoms with E-state index in [1.807, 2.05) is 48.5 Å². The number of nitrogens with zero attached hydrogens (tertiary/aromatic N) is 4. The molecule has 7 heteroatoms. The number of benzene rings is 2. The summed E-state index contributed by atoms with van der Waals surface area (Å²) in [7, 11) is 1.61. The smallest absolute Gasteiger partial charge is 0.251 e. The molecule has 27 heavy (non-hydrogen) atoms. The van der Waals surface area contributed by atoms with Crippen LogP contribution in [0.5, 0.6) is 5.75 Å². The number of rotatable bonds is 5. The number of pyridine rings is 1. The van der Waals surface area contributed by atoms with Gasteiger partial charge in [0, 0.05) is 23.9 Å². The van der Waals surface area contributed by atoms with Crippen LogP contribution in [0, 0.1) is 0 Å². The van der Waals surface area contributed by atoms with Crippen LogP contribution in [0.4, 0.5) is 0 Å². The molecule has 0 atom stereocenters. The Morgan fingerprint density at radius 3 is 2.70 bits per heavy atom. The summed E-state index contributed by atoms with van der Waals surface area (Å²) in [5.74, 6) is 0.590. The van der Waals surface area contributed by atoms with Gasteiger partial charge < -0.3 is 10.1 Å². The van der Waals surface area contributed by atoms with Gasteiger partial charge in [-0.2, -0.15) is 4.68 Å². The van der Waals surface area contributed by atoms with E-state index in [0.717, 1.165) is 22.5 Å². The molecule has 2 heterocycles. The Balaban J connectivity index is 1.49. The van der Waals surface area contributed by atoms with Crippen LogP contribution in [-0.2, 0) is 6.54 Å². The molecule has 2 aromatic carbocycles. The zero-order valence-electron chi connectivity index (χ0n) is 14.7. The molecule has 0 spiro atoms. The lowest BCUT2D eigenvalue weighted by Crippen LogP contribution is -2.23. The summed E-state index contributed by atoms with van der Waals surface area (Å²) in [6, 6.07) is 18.4. The molecule has 4 aromatic rings. The first-order chi connectivity index (χ1) is 13.3. The highest BCUT2D eigenvalue weighted by Gasteiger charge is 2.10. The molecule has 1 N–H and O–H groups in total. The van der Waals surface area contributed by atoms with E-state index >= 15 is 0 Å². The first kappa shape index (κ1) is 16.7. The van der Waals surface area contributed by atoms with Gasteiger partial charge in [0.15, 0.2) is 5.65 Å². The molecule has 0 aliphatic heterocycles. The van der Waals surface area contributed by atoms with Crippen molar-refractivity contribution in [2.75, 3.05) is 7.11 Å². The van der Waals surface area contributed by atoms with Gasteiger partial charge in [0.2, 0.25) is 0 Å². The van der Waals surface area contributed by atoms with E-state index in [1.165, 1.54) is 0 Å². The summed E-state index contributed by atoms with van der Waals surface area (Å²) in [4.78, 5) is 16.7. The molecule has 0 bridgehead atoms. The molecule has 4 rings (SSSR count). The highest BCUT2D eigenvalue weighted by Crippen LogP contribution is 2.17. The second-order valence-corrected chi connectivity index (χ2v) is 5.89. The minimum Gasteiger partial charge on any atom is -0.496 e. The maximum atomic E-state index is 12.4. The number of methoxy groups -OCH3 is 1. The molecular weight excluding hydrogens is 342 g/mol. The van der Waals surface area contributed by atoms with E-state index in [4.69, 9.17) is 4.74 Å². The molecule has 2 aromatic heterocycles. The SMILES string of the molecule is COc1ccccc1CNC(=O)c1ccc(-n2nnc3cccnc32)cc1. The van der Waals surface area contributed by atoms with E-state index in [-0.39, 0.29) is 5.91 Å². The summed E-state index contributed by atoms with van der Waals surface area (Å²) in [6.45, 7) is 0.391. The number of carbonyl (C=O) groups excluding carboxylic acids is 1. The lowest BCUT2D eigenvalue weighted by atomic mass is 10.1. The van der Waals surface area contributed by atoms with Crippen LogP contribution >= 0.6 is 0 Å². The number of hydrogen-bond donors (Lipinski definition) is 1. The van der Waals surface area contributed by atoms with Crippen LogP contribution in [0.25, 0.3) is 16.9 Å². The van der Waals surface area contributed by atoms with Crippen molar-refractivity contribution in [3.8, 4) is 11.4 Å². The number of hydrogen-bond acceptors (Lipinski definition) is 5. The molecule has 0 saturated carbocycles. The van der Waals surface area contributed by atoms with Gasteiger partial charge in [0.1, 0.15) is 11.3 Å². The number of aromatic nitrogens is 4. The van der Waals surface area contributed by atoms with Crippen LogP contribution < -0.4 is 10.1 Å². The summed E-state index contributed by atoms with van der Waals surface area (Å²) in [5, 5.41) is 11.1. The van der Waals surface area contributed by atoms with Crippen molar-refractivity contribution >= 4 is 17.1 Å². The van der Waals surface area contributed by atoms with Gasteiger partial charge in [0.05, 0.1) is 12.8 Å². The Labute approximate surface area is 155 Å².